The van der Waals surface area contributed by atoms with Crippen molar-refractivity contribution in [3.63, 3.8) is 0 Å². The van der Waals surface area contributed by atoms with Crippen LogP contribution in [-0.4, -0.2) is 16.2 Å². The van der Waals surface area contributed by atoms with Crippen molar-refractivity contribution < 1.29 is 9.72 Å². The number of nitro groups is 1. The number of nitro benzene ring substituents is 1. The molecule has 5 heteroatoms. The van der Waals surface area contributed by atoms with Gasteiger partial charge in [0.15, 0.2) is 5.78 Å². The summed E-state index contributed by atoms with van der Waals surface area (Å²) >= 11 is 0. The highest BCUT2D eigenvalue weighted by Gasteiger charge is 2.64. The summed E-state index contributed by atoms with van der Waals surface area (Å²) in [5.74, 6) is 0.0701. The summed E-state index contributed by atoms with van der Waals surface area (Å²) in [5.41, 5.74) is 3.50. The third-order valence-corrected chi connectivity index (χ3v) is 7.09. The number of nitrogens with zero attached hydrogens (tertiary/aromatic N) is 1. The number of rotatable bonds is 5. The van der Waals surface area contributed by atoms with Gasteiger partial charge in [-0.1, -0.05) is 74.5 Å². The Morgan fingerprint density at radius 1 is 0.844 bits per heavy atom. The lowest BCUT2D eigenvalue weighted by molar-refractivity contribution is -0.384. The lowest BCUT2D eigenvalue weighted by Gasteiger charge is -2.42. The van der Waals surface area contributed by atoms with Gasteiger partial charge in [0.25, 0.3) is 5.69 Å². The maximum absolute atomic E-state index is 14.4. The van der Waals surface area contributed by atoms with Crippen LogP contribution in [0.5, 0.6) is 0 Å². The fourth-order valence-corrected chi connectivity index (χ4v) is 5.68. The predicted molar refractivity (Wildman–Crippen MR) is 126 cm³/mol. The molecule has 1 aliphatic carbocycles. The number of Topliss-reactive ketones (excluding diaryl/α,β-unsaturated/α-hetero) is 1. The first-order valence-electron chi connectivity index (χ1n) is 11.0. The second-order valence-corrected chi connectivity index (χ2v) is 8.44. The zero-order valence-corrected chi connectivity index (χ0v) is 18.1. The SMILES string of the molecule is CC[C@@]12Nc3ccc([N+](=O)[O-])cc3[C@](CC)(C1=O)C(c1ccccc1)=C2c1ccccc1. The molecule has 0 spiro atoms. The minimum Gasteiger partial charge on any atom is -0.369 e. The Labute approximate surface area is 186 Å². The van der Waals surface area contributed by atoms with E-state index in [1.807, 2.05) is 74.5 Å². The van der Waals surface area contributed by atoms with Crippen molar-refractivity contribution in [2.24, 2.45) is 0 Å². The third-order valence-electron chi connectivity index (χ3n) is 7.09. The van der Waals surface area contributed by atoms with E-state index in [0.717, 1.165) is 28.0 Å². The molecule has 2 bridgehead atoms. The molecule has 2 atom stereocenters. The summed E-state index contributed by atoms with van der Waals surface area (Å²) in [5, 5.41) is 15.2. The van der Waals surface area contributed by atoms with Crippen LogP contribution in [-0.2, 0) is 10.2 Å². The summed E-state index contributed by atoms with van der Waals surface area (Å²) in [7, 11) is 0. The molecule has 0 radical (unpaired) electrons. The van der Waals surface area contributed by atoms with Crippen LogP contribution in [0.15, 0.2) is 78.9 Å². The first-order valence-corrected chi connectivity index (χ1v) is 11.0. The van der Waals surface area contributed by atoms with Crippen LogP contribution < -0.4 is 5.32 Å². The van der Waals surface area contributed by atoms with Gasteiger partial charge in [-0.25, -0.2) is 0 Å². The summed E-state index contributed by atoms with van der Waals surface area (Å²) in [6.45, 7) is 4.03. The van der Waals surface area contributed by atoms with Gasteiger partial charge in [-0.2, -0.15) is 0 Å². The van der Waals surface area contributed by atoms with Crippen molar-refractivity contribution in [2.45, 2.75) is 37.6 Å². The van der Waals surface area contributed by atoms with Crippen LogP contribution in [0.3, 0.4) is 0 Å². The molecular formula is C27H24N2O3. The van der Waals surface area contributed by atoms with Gasteiger partial charge in [-0.05, 0) is 41.2 Å². The Bertz CT molecular complexity index is 1270. The Morgan fingerprint density at radius 3 is 1.97 bits per heavy atom. The molecule has 0 aromatic heterocycles. The van der Waals surface area contributed by atoms with E-state index in [-0.39, 0.29) is 11.5 Å². The molecule has 0 amide bonds. The van der Waals surface area contributed by atoms with Crippen molar-refractivity contribution >= 4 is 28.3 Å². The Kier molecular flexibility index (Phi) is 4.52. The van der Waals surface area contributed by atoms with E-state index < -0.39 is 15.9 Å². The van der Waals surface area contributed by atoms with Crippen LogP contribution >= 0.6 is 0 Å². The minimum absolute atomic E-state index is 0.00394. The number of carbonyl (C=O) groups excluding carboxylic acids is 1. The molecule has 1 heterocycles. The average Bonchev–Trinajstić information content (AvgIpc) is 2.98. The Morgan fingerprint density at radius 2 is 1.44 bits per heavy atom. The molecule has 2 aliphatic rings. The summed E-state index contributed by atoms with van der Waals surface area (Å²) in [6.07, 6.45) is 1.09. The van der Waals surface area contributed by atoms with Crippen molar-refractivity contribution in [1.82, 2.24) is 0 Å². The van der Waals surface area contributed by atoms with Crippen molar-refractivity contribution in [3.8, 4) is 0 Å². The molecule has 0 fully saturated rings. The average molecular weight is 425 g/mol. The molecule has 0 saturated carbocycles. The monoisotopic (exact) mass is 424 g/mol. The first kappa shape index (κ1) is 20.2. The van der Waals surface area contributed by atoms with E-state index in [0.29, 0.717) is 18.4 Å². The number of non-ortho nitro benzene ring substituents is 1. The van der Waals surface area contributed by atoms with Crippen LogP contribution in [0.4, 0.5) is 11.4 Å². The zero-order valence-electron chi connectivity index (χ0n) is 18.1. The molecule has 5 rings (SSSR count). The third kappa shape index (κ3) is 2.48. The van der Waals surface area contributed by atoms with Gasteiger partial charge in [0, 0.05) is 23.4 Å². The molecule has 0 saturated heterocycles. The maximum atomic E-state index is 14.4. The number of allylic oxidation sites excluding steroid dienone is 1. The fraction of sp³-hybridized carbons (Fsp3) is 0.222. The van der Waals surface area contributed by atoms with E-state index >= 15 is 0 Å². The number of fused-ring (bicyclic) bond motifs is 4. The lowest BCUT2D eigenvalue weighted by atomic mass is 9.65. The fourth-order valence-electron chi connectivity index (χ4n) is 5.68. The number of benzene rings is 3. The van der Waals surface area contributed by atoms with E-state index in [1.165, 1.54) is 6.07 Å². The maximum Gasteiger partial charge on any atom is 0.269 e. The standard InChI is InChI=1S/C27H24N2O3/c1-3-26-21-17-20(29(31)32)15-16-22(21)28-27(4-2,25(26)30)24(19-13-9-6-10-14-19)23(26)18-11-7-5-8-12-18/h5-17,28H,3-4H2,1-2H3/t26-,27-/m0/s1. The van der Waals surface area contributed by atoms with Crippen molar-refractivity contribution in [3.05, 3.63) is 106 Å². The van der Waals surface area contributed by atoms with Crippen LogP contribution in [0, 0.1) is 10.1 Å². The number of hydrogen-bond donors (Lipinski definition) is 1. The van der Waals surface area contributed by atoms with Gasteiger partial charge >= 0.3 is 0 Å². The van der Waals surface area contributed by atoms with Crippen LogP contribution in [0.1, 0.15) is 43.4 Å². The van der Waals surface area contributed by atoms with Crippen molar-refractivity contribution in [1.29, 1.82) is 0 Å². The quantitative estimate of drug-likeness (QED) is 0.402. The molecule has 5 nitrogen and oxygen atoms in total. The van der Waals surface area contributed by atoms with Gasteiger partial charge in [0.05, 0.1) is 10.3 Å². The van der Waals surface area contributed by atoms with E-state index in [1.54, 1.807) is 12.1 Å². The zero-order chi connectivity index (χ0) is 22.5. The highest BCUT2D eigenvalue weighted by molar-refractivity contribution is 6.30. The predicted octanol–water partition coefficient (Wildman–Crippen LogP) is 6.01. The molecule has 160 valence electrons. The number of nitrogens with one attached hydrogen (secondary N) is 1. The topological polar surface area (TPSA) is 72.2 Å². The minimum atomic E-state index is -0.963. The van der Waals surface area contributed by atoms with Crippen molar-refractivity contribution in [2.75, 3.05) is 5.32 Å². The molecule has 32 heavy (non-hydrogen) atoms. The smallest absolute Gasteiger partial charge is 0.269 e. The molecule has 0 unspecified atom stereocenters. The summed E-state index contributed by atoms with van der Waals surface area (Å²) < 4.78 is 0. The largest absolute Gasteiger partial charge is 0.369 e. The molecule has 3 aromatic carbocycles. The van der Waals surface area contributed by atoms with Gasteiger partial charge in [-0.3, -0.25) is 14.9 Å². The molecule has 3 aromatic rings. The highest BCUT2D eigenvalue weighted by Crippen LogP contribution is 2.62. The van der Waals surface area contributed by atoms with E-state index in [2.05, 4.69) is 5.32 Å². The van der Waals surface area contributed by atoms with Gasteiger partial charge in [0.2, 0.25) is 0 Å². The Balaban J connectivity index is 1.95. The summed E-state index contributed by atoms with van der Waals surface area (Å²) in [4.78, 5) is 25.6. The van der Waals surface area contributed by atoms with Crippen LogP contribution in [0.25, 0.3) is 11.1 Å². The number of anilines is 1. The van der Waals surface area contributed by atoms with Gasteiger partial charge < -0.3 is 5.32 Å². The second-order valence-electron chi connectivity index (χ2n) is 8.44. The molecule has 1 aliphatic heterocycles. The summed E-state index contributed by atoms with van der Waals surface area (Å²) in [6, 6.07) is 24.8. The normalized spacial score (nSPS) is 23.6. The first-order chi connectivity index (χ1) is 15.5. The van der Waals surface area contributed by atoms with E-state index in [9.17, 15) is 14.9 Å². The van der Waals surface area contributed by atoms with Gasteiger partial charge in [-0.15, -0.1) is 0 Å². The number of carbonyl (C=O) groups is 1. The lowest BCUT2D eigenvalue weighted by Crippen LogP contribution is -2.54. The molecular weight excluding hydrogens is 400 g/mol. The van der Waals surface area contributed by atoms with Crippen LogP contribution in [0.2, 0.25) is 0 Å². The Hall–Kier alpha value is -3.73. The highest BCUT2D eigenvalue weighted by atomic mass is 16.6. The van der Waals surface area contributed by atoms with E-state index in [4.69, 9.17) is 0 Å². The number of hydrogen-bond acceptors (Lipinski definition) is 4. The van der Waals surface area contributed by atoms with Gasteiger partial charge in [0.1, 0.15) is 5.54 Å². The molecule has 1 N–H and O–H groups in total. The number of ketones is 1. The second kappa shape index (κ2) is 7.16.